The molecule has 3 amide bonds. The van der Waals surface area contributed by atoms with Gasteiger partial charge in [0, 0.05) is 32.6 Å². The van der Waals surface area contributed by atoms with E-state index in [0.717, 1.165) is 5.56 Å². The Bertz CT molecular complexity index is 892. The number of nitrogens with zero attached hydrogens (tertiary/aromatic N) is 1. The molecule has 0 aliphatic carbocycles. The highest BCUT2D eigenvalue weighted by atomic mass is 16.2. The lowest BCUT2D eigenvalue weighted by Crippen LogP contribution is -2.46. The molecule has 0 bridgehead atoms. The highest BCUT2D eigenvalue weighted by Gasteiger charge is 2.23. The SMILES string of the molecule is CC(=O)CCC(=O)N[C@H](Cc1nc(Cc2ccccc2)[nH]c1NC(C)=O)C(N)=O. The Morgan fingerprint density at radius 3 is 2.38 bits per heavy atom. The Hall–Kier alpha value is -3.49. The van der Waals surface area contributed by atoms with Crippen LogP contribution in [0.2, 0.25) is 0 Å². The number of hydrogen-bond acceptors (Lipinski definition) is 5. The Labute approximate surface area is 168 Å². The van der Waals surface area contributed by atoms with Crippen molar-refractivity contribution in [2.45, 2.75) is 45.6 Å². The minimum absolute atomic E-state index is 0.00203. The maximum Gasteiger partial charge on any atom is 0.240 e. The molecule has 0 radical (unpaired) electrons. The van der Waals surface area contributed by atoms with E-state index in [4.69, 9.17) is 5.73 Å². The summed E-state index contributed by atoms with van der Waals surface area (Å²) in [5, 5.41) is 5.18. The highest BCUT2D eigenvalue weighted by molar-refractivity contribution is 5.90. The van der Waals surface area contributed by atoms with Gasteiger partial charge in [-0.25, -0.2) is 4.98 Å². The van der Waals surface area contributed by atoms with E-state index in [1.807, 2.05) is 30.3 Å². The lowest BCUT2D eigenvalue weighted by atomic mass is 10.1. The third-order valence-electron chi connectivity index (χ3n) is 4.12. The maximum absolute atomic E-state index is 12.0. The molecule has 0 saturated heterocycles. The fourth-order valence-electron chi connectivity index (χ4n) is 2.74. The summed E-state index contributed by atoms with van der Waals surface area (Å²) in [6.07, 6.45) is 0.553. The average Bonchev–Trinajstić information content (AvgIpc) is 3.00. The lowest BCUT2D eigenvalue weighted by Gasteiger charge is -2.15. The Balaban J connectivity index is 2.18. The molecular formula is C20H25N5O4. The number of H-pyrrole nitrogens is 1. The molecule has 5 N–H and O–H groups in total. The first-order valence-electron chi connectivity index (χ1n) is 9.22. The van der Waals surface area contributed by atoms with Crippen molar-refractivity contribution in [1.82, 2.24) is 15.3 Å². The maximum atomic E-state index is 12.0. The summed E-state index contributed by atoms with van der Waals surface area (Å²) in [4.78, 5) is 53.9. The fraction of sp³-hybridized carbons (Fsp3) is 0.350. The molecule has 29 heavy (non-hydrogen) atoms. The van der Waals surface area contributed by atoms with Gasteiger partial charge in [0.05, 0.1) is 5.69 Å². The molecule has 0 fully saturated rings. The summed E-state index contributed by atoms with van der Waals surface area (Å²) in [7, 11) is 0. The molecule has 2 aromatic rings. The first kappa shape index (κ1) is 21.8. The number of nitrogens with two attached hydrogens (primary N) is 1. The van der Waals surface area contributed by atoms with E-state index in [2.05, 4.69) is 20.6 Å². The molecule has 1 aromatic heterocycles. The van der Waals surface area contributed by atoms with Crippen LogP contribution in [-0.2, 0) is 32.0 Å². The summed E-state index contributed by atoms with van der Waals surface area (Å²) in [5.41, 5.74) is 6.85. The molecule has 0 aliphatic heterocycles. The summed E-state index contributed by atoms with van der Waals surface area (Å²) in [6.45, 7) is 2.74. The number of carbonyl (C=O) groups is 4. The molecule has 9 heteroatoms. The van der Waals surface area contributed by atoms with Crippen LogP contribution in [0.15, 0.2) is 30.3 Å². The van der Waals surface area contributed by atoms with Crippen molar-refractivity contribution in [1.29, 1.82) is 0 Å². The van der Waals surface area contributed by atoms with Crippen molar-refractivity contribution < 1.29 is 19.2 Å². The van der Waals surface area contributed by atoms with Crippen LogP contribution in [0.3, 0.4) is 0 Å². The van der Waals surface area contributed by atoms with Crippen LogP contribution in [0.4, 0.5) is 5.82 Å². The molecule has 1 aromatic carbocycles. The molecule has 0 unspecified atom stereocenters. The summed E-state index contributed by atoms with van der Waals surface area (Å²) < 4.78 is 0. The predicted molar refractivity (Wildman–Crippen MR) is 107 cm³/mol. The molecule has 1 heterocycles. The quantitative estimate of drug-likeness (QED) is 0.467. The number of aromatic nitrogens is 2. The first-order valence-corrected chi connectivity index (χ1v) is 9.22. The van der Waals surface area contributed by atoms with Crippen molar-refractivity contribution in [2.24, 2.45) is 5.73 Å². The minimum Gasteiger partial charge on any atom is -0.368 e. The Kier molecular flexibility index (Phi) is 7.64. The smallest absolute Gasteiger partial charge is 0.240 e. The van der Waals surface area contributed by atoms with E-state index >= 15 is 0 Å². The largest absolute Gasteiger partial charge is 0.368 e. The monoisotopic (exact) mass is 399 g/mol. The number of anilines is 1. The van der Waals surface area contributed by atoms with Crippen LogP contribution in [0.5, 0.6) is 0 Å². The lowest BCUT2D eigenvalue weighted by molar-refractivity contribution is -0.128. The number of aromatic amines is 1. The number of imidazole rings is 1. The van der Waals surface area contributed by atoms with Crippen LogP contribution in [-0.4, -0.2) is 39.5 Å². The van der Waals surface area contributed by atoms with E-state index in [9.17, 15) is 19.2 Å². The predicted octanol–water partition coefficient (Wildman–Crippen LogP) is 0.841. The number of nitrogens with one attached hydrogen (secondary N) is 3. The average molecular weight is 399 g/mol. The van der Waals surface area contributed by atoms with Crippen LogP contribution in [0.25, 0.3) is 0 Å². The first-order chi connectivity index (χ1) is 13.7. The Morgan fingerprint density at radius 2 is 1.79 bits per heavy atom. The minimum atomic E-state index is -1.02. The van der Waals surface area contributed by atoms with E-state index < -0.39 is 17.9 Å². The van der Waals surface area contributed by atoms with Gasteiger partial charge in [-0.15, -0.1) is 0 Å². The van der Waals surface area contributed by atoms with Gasteiger partial charge in [0.25, 0.3) is 0 Å². The highest BCUT2D eigenvalue weighted by Crippen LogP contribution is 2.17. The number of ketones is 1. The van der Waals surface area contributed by atoms with Gasteiger partial charge >= 0.3 is 0 Å². The van der Waals surface area contributed by atoms with Crippen LogP contribution in [0, 0.1) is 0 Å². The summed E-state index contributed by atoms with van der Waals surface area (Å²) >= 11 is 0. The van der Waals surface area contributed by atoms with Gasteiger partial charge < -0.3 is 26.1 Å². The number of amides is 3. The molecule has 2 rings (SSSR count). The van der Waals surface area contributed by atoms with Crippen molar-refractivity contribution in [3.63, 3.8) is 0 Å². The van der Waals surface area contributed by atoms with Crippen LogP contribution >= 0.6 is 0 Å². The normalized spacial score (nSPS) is 11.5. The van der Waals surface area contributed by atoms with Gasteiger partial charge in [-0.1, -0.05) is 30.3 Å². The molecule has 0 spiro atoms. The zero-order valence-corrected chi connectivity index (χ0v) is 16.5. The number of hydrogen-bond donors (Lipinski definition) is 4. The van der Waals surface area contributed by atoms with Crippen molar-refractivity contribution in [2.75, 3.05) is 5.32 Å². The molecule has 0 aliphatic rings. The standard InChI is InChI=1S/C20H25N5O4/c1-12(26)8-9-18(28)24-15(19(21)29)11-16-20(22-13(2)27)25-17(23-16)10-14-6-4-3-5-7-14/h3-7,15H,8-11H2,1-2H3,(H2,21,29)(H,22,27)(H,23,25)(H,24,28)/t15-/m1/s1. The van der Waals surface area contributed by atoms with Gasteiger partial charge in [-0.3, -0.25) is 14.4 Å². The number of Topliss-reactive ketones (excluding diaryl/α,β-unsaturated/α-hetero) is 1. The third-order valence-corrected chi connectivity index (χ3v) is 4.12. The summed E-state index contributed by atoms with van der Waals surface area (Å²) in [6, 6.07) is 8.60. The van der Waals surface area contributed by atoms with E-state index in [-0.39, 0.29) is 31.0 Å². The van der Waals surface area contributed by atoms with Crippen molar-refractivity contribution in [3.8, 4) is 0 Å². The third kappa shape index (κ3) is 7.21. The van der Waals surface area contributed by atoms with Crippen molar-refractivity contribution in [3.05, 3.63) is 47.4 Å². The number of benzene rings is 1. The number of primary amides is 1. The van der Waals surface area contributed by atoms with Gasteiger partial charge in [-0.05, 0) is 12.5 Å². The van der Waals surface area contributed by atoms with E-state index in [1.165, 1.54) is 13.8 Å². The van der Waals surface area contributed by atoms with Crippen molar-refractivity contribution >= 4 is 29.3 Å². The molecular weight excluding hydrogens is 374 g/mol. The zero-order valence-electron chi connectivity index (χ0n) is 16.5. The topological polar surface area (TPSA) is 147 Å². The van der Waals surface area contributed by atoms with Gasteiger partial charge in [0.1, 0.15) is 23.5 Å². The summed E-state index contributed by atoms with van der Waals surface area (Å²) in [5.74, 6) is -0.662. The fourth-order valence-corrected chi connectivity index (χ4v) is 2.74. The van der Waals surface area contributed by atoms with E-state index in [1.54, 1.807) is 0 Å². The molecule has 0 saturated carbocycles. The second-order valence-corrected chi connectivity index (χ2v) is 6.78. The Morgan fingerprint density at radius 1 is 1.10 bits per heavy atom. The van der Waals surface area contributed by atoms with E-state index in [0.29, 0.717) is 23.8 Å². The van der Waals surface area contributed by atoms with Gasteiger partial charge in [0.15, 0.2) is 0 Å². The molecule has 9 nitrogen and oxygen atoms in total. The number of rotatable bonds is 10. The second kappa shape index (κ2) is 10.2. The van der Waals surface area contributed by atoms with Gasteiger partial charge in [0.2, 0.25) is 17.7 Å². The molecule has 1 atom stereocenters. The van der Waals surface area contributed by atoms with Gasteiger partial charge in [-0.2, -0.15) is 0 Å². The van der Waals surface area contributed by atoms with Crippen LogP contribution < -0.4 is 16.4 Å². The second-order valence-electron chi connectivity index (χ2n) is 6.78. The number of carbonyl (C=O) groups excluding carboxylic acids is 4. The zero-order chi connectivity index (χ0) is 21.4. The van der Waals surface area contributed by atoms with Crippen LogP contribution in [0.1, 0.15) is 43.8 Å². The molecule has 154 valence electrons.